The molecule has 0 radical (unpaired) electrons. The second-order valence-electron chi connectivity index (χ2n) is 5.42. The van der Waals surface area contributed by atoms with Gasteiger partial charge < -0.3 is 10.2 Å². The van der Waals surface area contributed by atoms with Crippen LogP contribution in [-0.4, -0.2) is 35.5 Å². The van der Waals surface area contributed by atoms with E-state index < -0.39 is 0 Å². The van der Waals surface area contributed by atoms with Crippen molar-refractivity contribution >= 4 is 5.69 Å². The molecule has 2 unspecified atom stereocenters. The summed E-state index contributed by atoms with van der Waals surface area (Å²) in [5.74, 6) is 0.678. The highest BCUT2D eigenvalue weighted by molar-refractivity contribution is 5.48. The predicted molar refractivity (Wildman–Crippen MR) is 71.4 cm³/mol. The minimum Gasteiger partial charge on any atom is -0.368 e. The van der Waals surface area contributed by atoms with E-state index in [0.717, 1.165) is 25.3 Å². The minimum atomic E-state index is 0.609. The lowest BCUT2D eigenvalue weighted by atomic mass is 10.1. The zero-order chi connectivity index (χ0) is 12.4. The van der Waals surface area contributed by atoms with Crippen molar-refractivity contribution < 1.29 is 0 Å². The van der Waals surface area contributed by atoms with Gasteiger partial charge in [0, 0.05) is 32.4 Å². The van der Waals surface area contributed by atoms with Crippen LogP contribution in [0.3, 0.4) is 0 Å². The summed E-state index contributed by atoms with van der Waals surface area (Å²) >= 11 is 0. The van der Waals surface area contributed by atoms with E-state index in [-0.39, 0.29) is 0 Å². The van der Waals surface area contributed by atoms with E-state index in [9.17, 15) is 0 Å². The van der Waals surface area contributed by atoms with E-state index in [1.165, 1.54) is 12.1 Å². The highest BCUT2D eigenvalue weighted by Crippen LogP contribution is 2.21. The molecule has 0 spiro atoms. The monoisotopic (exact) mass is 236 g/mol. The van der Waals surface area contributed by atoms with Gasteiger partial charge in [-0.2, -0.15) is 5.10 Å². The van der Waals surface area contributed by atoms with Crippen LogP contribution in [0.25, 0.3) is 0 Å². The lowest BCUT2D eigenvalue weighted by Crippen LogP contribution is -2.42. The number of hydrogen-bond donors (Lipinski definition) is 1. The number of aromatic nitrogens is 2. The van der Waals surface area contributed by atoms with Crippen LogP contribution in [0, 0.1) is 12.8 Å². The van der Waals surface area contributed by atoms with E-state index in [1.54, 1.807) is 0 Å². The Kier molecular flexibility index (Phi) is 3.72. The lowest BCUT2D eigenvalue weighted by Gasteiger charge is -2.32. The van der Waals surface area contributed by atoms with Gasteiger partial charge in [0.2, 0.25) is 0 Å². The van der Waals surface area contributed by atoms with Crippen LogP contribution in [0.1, 0.15) is 26.0 Å². The molecule has 2 heterocycles. The normalized spacial score (nSPS) is 26.7. The third kappa shape index (κ3) is 3.00. The molecule has 1 aromatic heterocycles. The molecular weight excluding hydrogens is 212 g/mol. The summed E-state index contributed by atoms with van der Waals surface area (Å²) in [7, 11) is 1.99. The smallest absolute Gasteiger partial charge is 0.0827 e. The standard InChI is InChI=1S/C13H24N4/c1-10-7-14-11(2)5-6-17(8-10)13-9-16(4)15-12(13)3/h9-11,14H,5-8H2,1-4H3. The average Bonchev–Trinajstić information content (AvgIpc) is 2.58. The van der Waals surface area contributed by atoms with Crippen molar-refractivity contribution in [3.8, 4) is 0 Å². The number of hydrogen-bond acceptors (Lipinski definition) is 3. The Bertz CT molecular complexity index is 371. The SMILES string of the molecule is Cc1nn(C)cc1N1CCC(C)NCC(C)C1. The fraction of sp³-hybridized carbons (Fsp3) is 0.769. The quantitative estimate of drug-likeness (QED) is 0.803. The van der Waals surface area contributed by atoms with Crippen molar-refractivity contribution in [2.45, 2.75) is 33.2 Å². The molecule has 0 saturated carbocycles. The maximum absolute atomic E-state index is 4.44. The maximum Gasteiger partial charge on any atom is 0.0827 e. The Balaban J connectivity index is 2.15. The van der Waals surface area contributed by atoms with E-state index in [4.69, 9.17) is 0 Å². The van der Waals surface area contributed by atoms with Gasteiger partial charge in [0.1, 0.15) is 0 Å². The number of nitrogens with zero attached hydrogens (tertiary/aromatic N) is 3. The first-order valence-corrected chi connectivity index (χ1v) is 6.55. The van der Waals surface area contributed by atoms with Crippen molar-refractivity contribution in [1.29, 1.82) is 0 Å². The molecule has 0 aliphatic carbocycles. The molecule has 0 bridgehead atoms. The van der Waals surface area contributed by atoms with Crippen molar-refractivity contribution in [1.82, 2.24) is 15.1 Å². The topological polar surface area (TPSA) is 33.1 Å². The summed E-state index contributed by atoms with van der Waals surface area (Å²) in [6, 6.07) is 0.609. The molecule has 1 fully saturated rings. The average molecular weight is 236 g/mol. The molecule has 1 saturated heterocycles. The first-order valence-electron chi connectivity index (χ1n) is 6.55. The Morgan fingerprint density at radius 3 is 2.82 bits per heavy atom. The molecule has 17 heavy (non-hydrogen) atoms. The predicted octanol–water partition coefficient (Wildman–Crippen LogP) is 1.55. The summed E-state index contributed by atoms with van der Waals surface area (Å²) in [6.45, 7) is 10.0. The van der Waals surface area contributed by atoms with Gasteiger partial charge in [-0.1, -0.05) is 6.92 Å². The second-order valence-corrected chi connectivity index (χ2v) is 5.42. The lowest BCUT2D eigenvalue weighted by molar-refractivity contribution is 0.410. The van der Waals surface area contributed by atoms with Crippen molar-refractivity contribution in [3.63, 3.8) is 0 Å². The summed E-state index contributed by atoms with van der Waals surface area (Å²) in [4.78, 5) is 2.49. The van der Waals surface area contributed by atoms with Crippen molar-refractivity contribution in [2.75, 3.05) is 24.5 Å². The molecule has 1 aliphatic heterocycles. The molecule has 1 aromatic rings. The van der Waals surface area contributed by atoms with Gasteiger partial charge in [0.05, 0.1) is 11.4 Å². The number of rotatable bonds is 1. The molecule has 1 aliphatic rings. The zero-order valence-corrected chi connectivity index (χ0v) is 11.4. The highest BCUT2D eigenvalue weighted by Gasteiger charge is 2.19. The molecule has 96 valence electrons. The summed E-state index contributed by atoms with van der Waals surface area (Å²) in [5, 5.41) is 8.02. The second kappa shape index (κ2) is 5.08. The van der Waals surface area contributed by atoms with Crippen LogP contribution in [0.4, 0.5) is 5.69 Å². The molecule has 2 rings (SSSR count). The summed E-state index contributed by atoms with van der Waals surface area (Å²) < 4.78 is 1.91. The van der Waals surface area contributed by atoms with Gasteiger partial charge in [-0.3, -0.25) is 4.68 Å². The van der Waals surface area contributed by atoms with E-state index in [1.807, 2.05) is 11.7 Å². The van der Waals surface area contributed by atoms with Crippen LogP contribution in [0.5, 0.6) is 0 Å². The molecule has 4 heteroatoms. The number of anilines is 1. The van der Waals surface area contributed by atoms with Crippen molar-refractivity contribution in [3.05, 3.63) is 11.9 Å². The molecule has 2 atom stereocenters. The van der Waals surface area contributed by atoms with Crippen LogP contribution in [0.15, 0.2) is 6.20 Å². The van der Waals surface area contributed by atoms with Gasteiger partial charge in [0.25, 0.3) is 0 Å². The molecule has 4 nitrogen and oxygen atoms in total. The third-order valence-corrected chi connectivity index (χ3v) is 3.51. The van der Waals surface area contributed by atoms with Gasteiger partial charge >= 0.3 is 0 Å². The minimum absolute atomic E-state index is 0.609. The Hall–Kier alpha value is -1.03. The first-order chi connectivity index (χ1) is 8.06. The van der Waals surface area contributed by atoms with Crippen molar-refractivity contribution in [2.24, 2.45) is 13.0 Å². The Labute approximate surface area is 104 Å². The molecular formula is C13H24N4. The van der Waals surface area contributed by atoms with Gasteiger partial charge in [-0.05, 0) is 32.7 Å². The number of nitrogens with one attached hydrogen (secondary N) is 1. The van der Waals surface area contributed by atoms with Crippen LogP contribution in [0.2, 0.25) is 0 Å². The van der Waals surface area contributed by atoms with Crippen LogP contribution >= 0.6 is 0 Å². The summed E-state index contributed by atoms with van der Waals surface area (Å²) in [6.07, 6.45) is 3.34. The van der Waals surface area contributed by atoms with Gasteiger partial charge in [-0.25, -0.2) is 0 Å². The van der Waals surface area contributed by atoms with Crippen LogP contribution < -0.4 is 10.2 Å². The van der Waals surface area contributed by atoms with E-state index >= 15 is 0 Å². The first kappa shape index (κ1) is 12.4. The molecule has 1 N–H and O–H groups in total. The fourth-order valence-electron chi connectivity index (χ4n) is 2.50. The molecule has 0 aromatic carbocycles. The third-order valence-electron chi connectivity index (χ3n) is 3.51. The van der Waals surface area contributed by atoms with Gasteiger partial charge in [-0.15, -0.1) is 0 Å². The van der Waals surface area contributed by atoms with Gasteiger partial charge in [0.15, 0.2) is 0 Å². The number of aryl methyl sites for hydroxylation is 2. The summed E-state index contributed by atoms with van der Waals surface area (Å²) in [5.41, 5.74) is 2.44. The molecule has 0 amide bonds. The highest BCUT2D eigenvalue weighted by atomic mass is 15.3. The fourth-order valence-corrected chi connectivity index (χ4v) is 2.50. The van der Waals surface area contributed by atoms with E-state index in [2.05, 4.69) is 42.3 Å². The zero-order valence-electron chi connectivity index (χ0n) is 11.4. The maximum atomic E-state index is 4.44. The largest absolute Gasteiger partial charge is 0.368 e. The van der Waals surface area contributed by atoms with Crippen LogP contribution in [-0.2, 0) is 7.05 Å². The van der Waals surface area contributed by atoms with E-state index in [0.29, 0.717) is 12.0 Å². The Morgan fingerprint density at radius 2 is 2.18 bits per heavy atom. The Morgan fingerprint density at radius 1 is 1.41 bits per heavy atom.